The average molecular weight is 167 g/mol. The lowest BCUT2D eigenvalue weighted by atomic mass is 10.8. The first-order valence-electron chi connectivity index (χ1n) is 2.93. The summed E-state index contributed by atoms with van der Waals surface area (Å²) in [7, 11) is 0. The zero-order valence-corrected chi connectivity index (χ0v) is 6.06. The summed E-state index contributed by atoms with van der Waals surface area (Å²) < 4.78 is 4.08. The molecule has 0 aromatic carbocycles. The highest BCUT2D eigenvalue weighted by atomic mass is 16.6. The Morgan fingerprint density at radius 3 is 1.73 bits per heavy atom. The number of carbonyl (C=O) groups is 1. The van der Waals surface area contributed by atoms with Crippen molar-refractivity contribution < 1.29 is 24.9 Å². The lowest BCUT2D eigenvalue weighted by Crippen LogP contribution is -2.15. The number of nitrogens with two attached hydrogens (primary N) is 1. The van der Waals surface area contributed by atoms with Gasteiger partial charge in [0.05, 0.1) is 19.8 Å². The molecule has 1 amide bonds. The van der Waals surface area contributed by atoms with E-state index in [1.165, 1.54) is 0 Å². The Kier molecular flexibility index (Phi) is 13.8. The molecule has 0 aromatic heterocycles. The molecule has 0 rings (SSSR count). The van der Waals surface area contributed by atoms with Crippen molar-refractivity contribution in [2.45, 2.75) is 0 Å². The van der Waals surface area contributed by atoms with E-state index in [1.54, 1.807) is 0 Å². The molecular weight excluding hydrogens is 154 g/mol. The molecule has 0 spiro atoms. The van der Waals surface area contributed by atoms with Crippen LogP contribution in [0.15, 0.2) is 0 Å². The zero-order chi connectivity index (χ0) is 9.11. The van der Waals surface area contributed by atoms with Crippen molar-refractivity contribution in [1.82, 2.24) is 0 Å². The molecule has 68 valence electrons. The van der Waals surface area contributed by atoms with E-state index >= 15 is 0 Å². The minimum absolute atomic E-state index is 0.0185. The van der Waals surface area contributed by atoms with Gasteiger partial charge >= 0.3 is 6.09 Å². The van der Waals surface area contributed by atoms with Gasteiger partial charge in [0, 0.05) is 0 Å². The van der Waals surface area contributed by atoms with Gasteiger partial charge in [-0.05, 0) is 0 Å². The summed E-state index contributed by atoms with van der Waals surface area (Å²) in [5.74, 6) is 0. The number of amides is 1. The second-order valence-corrected chi connectivity index (χ2v) is 1.34. The van der Waals surface area contributed by atoms with Crippen LogP contribution in [0.1, 0.15) is 0 Å². The third-order valence-electron chi connectivity index (χ3n) is 0.436. The molecular formula is C5H13NO5. The van der Waals surface area contributed by atoms with Gasteiger partial charge in [-0.1, -0.05) is 0 Å². The first-order chi connectivity index (χ1) is 5.18. The number of aliphatic hydroxyl groups is 3. The maximum atomic E-state index is 9.65. The van der Waals surface area contributed by atoms with E-state index in [4.69, 9.17) is 15.3 Å². The average Bonchev–Trinajstić information content (AvgIpc) is 2.01. The van der Waals surface area contributed by atoms with Crippen LogP contribution in [0.5, 0.6) is 0 Å². The van der Waals surface area contributed by atoms with Crippen molar-refractivity contribution in [3.8, 4) is 0 Å². The maximum absolute atomic E-state index is 9.65. The molecule has 0 saturated heterocycles. The van der Waals surface area contributed by atoms with Gasteiger partial charge in [0.25, 0.3) is 0 Å². The van der Waals surface area contributed by atoms with Crippen molar-refractivity contribution in [2.75, 3.05) is 26.4 Å². The van der Waals surface area contributed by atoms with Gasteiger partial charge in [0.1, 0.15) is 6.61 Å². The van der Waals surface area contributed by atoms with Crippen molar-refractivity contribution in [3.63, 3.8) is 0 Å². The van der Waals surface area contributed by atoms with Crippen LogP contribution in [0.3, 0.4) is 0 Å². The summed E-state index contributed by atoms with van der Waals surface area (Å²) in [6.45, 7) is -0.446. The van der Waals surface area contributed by atoms with Crippen molar-refractivity contribution >= 4 is 6.09 Å². The van der Waals surface area contributed by atoms with Crippen molar-refractivity contribution in [2.24, 2.45) is 5.73 Å². The van der Waals surface area contributed by atoms with E-state index in [1.807, 2.05) is 0 Å². The molecule has 0 bridgehead atoms. The van der Waals surface area contributed by atoms with Crippen molar-refractivity contribution in [1.29, 1.82) is 0 Å². The lowest BCUT2D eigenvalue weighted by Gasteiger charge is -1.92. The van der Waals surface area contributed by atoms with Gasteiger partial charge < -0.3 is 25.8 Å². The summed E-state index contributed by atoms with van der Waals surface area (Å²) in [5, 5.41) is 23.2. The van der Waals surface area contributed by atoms with Gasteiger partial charge in [-0.25, -0.2) is 4.79 Å². The first-order valence-corrected chi connectivity index (χ1v) is 2.93. The number of aliphatic hydroxyl groups excluding tert-OH is 3. The monoisotopic (exact) mass is 167 g/mol. The number of primary amides is 1. The molecule has 6 nitrogen and oxygen atoms in total. The predicted octanol–water partition coefficient (Wildman–Crippen LogP) is -1.96. The van der Waals surface area contributed by atoms with Gasteiger partial charge in [0.2, 0.25) is 0 Å². The van der Waals surface area contributed by atoms with Gasteiger partial charge in [-0.3, -0.25) is 0 Å². The topological polar surface area (TPSA) is 113 Å². The Hall–Kier alpha value is -0.850. The number of hydrogen-bond acceptors (Lipinski definition) is 5. The highest BCUT2D eigenvalue weighted by Crippen LogP contribution is 1.67. The highest BCUT2D eigenvalue weighted by Gasteiger charge is 1.87. The van der Waals surface area contributed by atoms with E-state index in [0.717, 1.165) is 0 Å². The summed E-state index contributed by atoms with van der Waals surface area (Å²) in [4.78, 5) is 9.65. The van der Waals surface area contributed by atoms with Crippen LogP contribution in [-0.4, -0.2) is 47.8 Å². The fourth-order valence-corrected chi connectivity index (χ4v) is 0.146. The Balaban J connectivity index is 0. The second-order valence-electron chi connectivity index (χ2n) is 1.34. The Morgan fingerprint density at radius 1 is 1.18 bits per heavy atom. The molecule has 0 atom stereocenters. The van der Waals surface area contributed by atoms with Crippen LogP contribution in [0.4, 0.5) is 4.79 Å². The van der Waals surface area contributed by atoms with Crippen LogP contribution in [0, 0.1) is 0 Å². The van der Waals surface area contributed by atoms with Crippen LogP contribution < -0.4 is 5.73 Å². The molecule has 0 aliphatic rings. The number of carbonyl (C=O) groups excluding carboxylic acids is 1. The number of rotatable bonds is 3. The Labute approximate surface area is 64.2 Å². The molecule has 0 unspecified atom stereocenters. The van der Waals surface area contributed by atoms with Crippen LogP contribution in [-0.2, 0) is 4.74 Å². The fraction of sp³-hybridized carbons (Fsp3) is 0.800. The van der Waals surface area contributed by atoms with E-state index < -0.39 is 6.09 Å². The molecule has 6 heteroatoms. The maximum Gasteiger partial charge on any atom is 0.404 e. The third-order valence-corrected chi connectivity index (χ3v) is 0.436. The molecule has 0 aliphatic heterocycles. The Morgan fingerprint density at radius 2 is 1.64 bits per heavy atom. The zero-order valence-electron chi connectivity index (χ0n) is 6.06. The quantitative estimate of drug-likeness (QED) is 0.390. The molecule has 0 saturated carbocycles. The van der Waals surface area contributed by atoms with Gasteiger partial charge in [-0.2, -0.15) is 0 Å². The summed E-state index contributed by atoms with van der Waals surface area (Å²) in [6.07, 6.45) is -0.853. The van der Waals surface area contributed by atoms with E-state index in [-0.39, 0.29) is 26.4 Å². The highest BCUT2D eigenvalue weighted by molar-refractivity contribution is 5.64. The van der Waals surface area contributed by atoms with Gasteiger partial charge in [0.15, 0.2) is 0 Å². The molecule has 0 aromatic rings. The van der Waals surface area contributed by atoms with Crippen LogP contribution in [0.25, 0.3) is 0 Å². The van der Waals surface area contributed by atoms with Crippen molar-refractivity contribution in [3.05, 3.63) is 0 Å². The predicted molar refractivity (Wildman–Crippen MR) is 36.8 cm³/mol. The van der Waals surface area contributed by atoms with E-state index in [0.29, 0.717) is 0 Å². The standard InChI is InChI=1S/C3H7NO3.C2H6O2/c4-3(6)7-2-1-5;3-1-2-4/h5H,1-2H2,(H2,4,6);3-4H,1-2H2. The number of ether oxygens (including phenoxy) is 1. The minimum Gasteiger partial charge on any atom is -0.447 e. The fourth-order valence-electron chi connectivity index (χ4n) is 0.146. The molecule has 0 fully saturated rings. The molecule has 11 heavy (non-hydrogen) atoms. The largest absolute Gasteiger partial charge is 0.447 e. The van der Waals surface area contributed by atoms with Crippen LogP contribution in [0.2, 0.25) is 0 Å². The molecule has 0 radical (unpaired) electrons. The Bertz CT molecular complexity index is 84.9. The van der Waals surface area contributed by atoms with E-state index in [9.17, 15) is 4.79 Å². The summed E-state index contributed by atoms with van der Waals surface area (Å²) in [5.41, 5.74) is 4.51. The first kappa shape index (κ1) is 12.8. The lowest BCUT2D eigenvalue weighted by molar-refractivity contribution is 0.127. The smallest absolute Gasteiger partial charge is 0.404 e. The SMILES string of the molecule is NC(=O)OCCO.OCCO. The normalized spacial score (nSPS) is 7.91. The second kappa shape index (κ2) is 11.9. The molecule has 0 heterocycles. The summed E-state index contributed by atoms with van der Waals surface area (Å²) >= 11 is 0. The third kappa shape index (κ3) is 27.2. The minimum atomic E-state index is -0.853. The summed E-state index contributed by atoms with van der Waals surface area (Å²) in [6, 6.07) is 0. The van der Waals surface area contributed by atoms with Crippen LogP contribution >= 0.6 is 0 Å². The van der Waals surface area contributed by atoms with Gasteiger partial charge in [-0.15, -0.1) is 0 Å². The molecule has 5 N–H and O–H groups in total. The number of hydrogen-bond donors (Lipinski definition) is 4. The van der Waals surface area contributed by atoms with E-state index in [2.05, 4.69) is 10.5 Å². The molecule has 0 aliphatic carbocycles.